The number of carbonyl (C=O) groups is 1. The van der Waals surface area contributed by atoms with Gasteiger partial charge in [0.25, 0.3) is 5.91 Å². The molecule has 1 aliphatic rings. The maximum absolute atomic E-state index is 12.6. The number of hydrazine groups is 1. The Bertz CT molecular complexity index is 1110. The second-order valence-electron chi connectivity index (χ2n) is 8.47. The van der Waals surface area contributed by atoms with Crippen molar-refractivity contribution in [2.45, 2.75) is 33.4 Å². The number of hydrogen-bond donors (Lipinski definition) is 4. The molecular formula is C20H25N7O2. The van der Waals surface area contributed by atoms with Crippen molar-refractivity contribution < 1.29 is 4.79 Å². The monoisotopic (exact) mass is 395 g/mol. The molecule has 9 nitrogen and oxygen atoms in total. The van der Waals surface area contributed by atoms with E-state index < -0.39 is 5.91 Å². The van der Waals surface area contributed by atoms with E-state index in [2.05, 4.69) is 41.6 Å². The summed E-state index contributed by atoms with van der Waals surface area (Å²) in [5.74, 6) is -0.0732. The quantitative estimate of drug-likeness (QED) is 0.523. The van der Waals surface area contributed by atoms with Crippen LogP contribution in [0.2, 0.25) is 0 Å². The number of primary amides is 1. The number of rotatable bonds is 4. The van der Waals surface area contributed by atoms with E-state index in [1.807, 2.05) is 30.3 Å². The minimum atomic E-state index is -0.704. The highest BCUT2D eigenvalue weighted by atomic mass is 16.2. The zero-order valence-electron chi connectivity index (χ0n) is 16.7. The maximum atomic E-state index is 12.6. The molecule has 0 radical (unpaired) electrons. The van der Waals surface area contributed by atoms with Crippen molar-refractivity contribution in [2.75, 3.05) is 6.54 Å². The molecule has 1 fully saturated rings. The SMILES string of the molecule is CC(C)(C)C1CNNC1c1nc(C(N)=O)c2[nH]c(=O)n(Cc3ccccc3)c2n1. The van der Waals surface area contributed by atoms with E-state index in [0.29, 0.717) is 18.0 Å². The molecule has 9 heteroatoms. The van der Waals surface area contributed by atoms with Gasteiger partial charge in [0.2, 0.25) is 0 Å². The third-order valence-electron chi connectivity index (χ3n) is 5.43. The molecule has 2 aromatic heterocycles. The van der Waals surface area contributed by atoms with Crippen molar-refractivity contribution in [3.05, 3.63) is 57.9 Å². The Morgan fingerprint density at radius 3 is 2.62 bits per heavy atom. The molecule has 1 aromatic carbocycles. The van der Waals surface area contributed by atoms with Crippen molar-refractivity contribution in [3.63, 3.8) is 0 Å². The van der Waals surface area contributed by atoms with Crippen LogP contribution in [-0.2, 0) is 6.54 Å². The van der Waals surface area contributed by atoms with Crippen LogP contribution in [0.5, 0.6) is 0 Å². The molecule has 0 saturated carbocycles. The zero-order chi connectivity index (χ0) is 20.8. The minimum absolute atomic E-state index is 0.0196. The molecule has 5 N–H and O–H groups in total. The number of nitrogens with zero attached hydrogens (tertiary/aromatic N) is 3. The molecule has 1 aliphatic heterocycles. The van der Waals surface area contributed by atoms with E-state index in [1.165, 1.54) is 4.57 Å². The topological polar surface area (TPSA) is 131 Å². The van der Waals surface area contributed by atoms with Crippen LogP contribution in [0.15, 0.2) is 35.1 Å². The van der Waals surface area contributed by atoms with E-state index in [-0.39, 0.29) is 34.3 Å². The molecule has 3 aromatic rings. The van der Waals surface area contributed by atoms with Gasteiger partial charge in [0.15, 0.2) is 11.3 Å². The first-order chi connectivity index (χ1) is 13.8. The first kappa shape index (κ1) is 19.3. The summed E-state index contributed by atoms with van der Waals surface area (Å²) in [6.07, 6.45) is 0. The Hall–Kier alpha value is -3.04. The normalized spacial score (nSPS) is 19.7. The molecule has 1 saturated heterocycles. The van der Waals surface area contributed by atoms with Crippen molar-refractivity contribution >= 4 is 17.1 Å². The van der Waals surface area contributed by atoms with Gasteiger partial charge >= 0.3 is 5.69 Å². The number of H-pyrrole nitrogens is 1. The largest absolute Gasteiger partial charge is 0.364 e. The van der Waals surface area contributed by atoms with Crippen molar-refractivity contribution in [1.29, 1.82) is 0 Å². The number of amides is 1. The smallest absolute Gasteiger partial charge is 0.328 e. The third kappa shape index (κ3) is 3.54. The van der Waals surface area contributed by atoms with E-state index in [0.717, 1.165) is 12.1 Å². The fraction of sp³-hybridized carbons (Fsp3) is 0.400. The van der Waals surface area contributed by atoms with Crippen LogP contribution in [0, 0.1) is 11.3 Å². The lowest BCUT2D eigenvalue weighted by atomic mass is 9.77. The lowest BCUT2D eigenvalue weighted by Crippen LogP contribution is -2.31. The molecule has 3 heterocycles. The number of aromatic amines is 1. The highest BCUT2D eigenvalue weighted by Crippen LogP contribution is 2.37. The lowest BCUT2D eigenvalue weighted by Gasteiger charge is -2.30. The zero-order valence-corrected chi connectivity index (χ0v) is 16.7. The Balaban J connectivity index is 1.88. The molecule has 0 aliphatic carbocycles. The summed E-state index contributed by atoms with van der Waals surface area (Å²) in [5.41, 5.74) is 13.2. The van der Waals surface area contributed by atoms with E-state index >= 15 is 0 Å². The minimum Gasteiger partial charge on any atom is -0.364 e. The molecule has 152 valence electrons. The van der Waals surface area contributed by atoms with Gasteiger partial charge in [-0.05, 0) is 11.0 Å². The van der Waals surface area contributed by atoms with Gasteiger partial charge in [0.05, 0.1) is 12.6 Å². The molecule has 0 bridgehead atoms. The molecular weight excluding hydrogens is 370 g/mol. The van der Waals surface area contributed by atoms with Gasteiger partial charge in [-0.3, -0.25) is 14.8 Å². The number of imidazole rings is 1. The Morgan fingerprint density at radius 1 is 1.24 bits per heavy atom. The van der Waals surface area contributed by atoms with Gasteiger partial charge in [0.1, 0.15) is 11.3 Å². The summed E-state index contributed by atoms with van der Waals surface area (Å²) in [6.45, 7) is 7.51. The number of carbonyl (C=O) groups excluding carboxylic acids is 1. The van der Waals surface area contributed by atoms with Crippen LogP contribution in [-0.4, -0.2) is 32.0 Å². The van der Waals surface area contributed by atoms with Crippen molar-refractivity contribution in [2.24, 2.45) is 17.1 Å². The lowest BCUT2D eigenvalue weighted by molar-refractivity contribution is 0.0996. The Kier molecular flexibility index (Phi) is 4.71. The van der Waals surface area contributed by atoms with Gasteiger partial charge in [0, 0.05) is 12.5 Å². The number of hydrogen-bond acceptors (Lipinski definition) is 6. The van der Waals surface area contributed by atoms with Crippen LogP contribution in [0.3, 0.4) is 0 Å². The number of fused-ring (bicyclic) bond motifs is 1. The molecule has 1 amide bonds. The second-order valence-corrected chi connectivity index (χ2v) is 8.47. The Labute approximate surface area is 167 Å². The summed E-state index contributed by atoms with van der Waals surface area (Å²) in [6, 6.07) is 9.38. The number of nitrogens with two attached hydrogens (primary N) is 1. The van der Waals surface area contributed by atoms with Crippen LogP contribution < -0.4 is 22.3 Å². The Morgan fingerprint density at radius 2 is 1.97 bits per heavy atom. The van der Waals surface area contributed by atoms with Crippen molar-refractivity contribution in [1.82, 2.24) is 30.4 Å². The molecule has 0 spiro atoms. The number of aromatic nitrogens is 4. The summed E-state index contributed by atoms with van der Waals surface area (Å²) < 4.78 is 1.51. The van der Waals surface area contributed by atoms with Gasteiger partial charge in [-0.2, -0.15) is 0 Å². The molecule has 2 atom stereocenters. The summed E-state index contributed by atoms with van der Waals surface area (Å²) in [7, 11) is 0. The van der Waals surface area contributed by atoms with E-state index in [1.54, 1.807) is 0 Å². The van der Waals surface area contributed by atoms with Crippen LogP contribution in [0.4, 0.5) is 0 Å². The third-order valence-corrected chi connectivity index (χ3v) is 5.43. The summed E-state index contributed by atoms with van der Waals surface area (Å²) in [4.78, 5) is 36.6. The predicted molar refractivity (Wildman–Crippen MR) is 109 cm³/mol. The highest BCUT2D eigenvalue weighted by molar-refractivity contribution is 6.01. The van der Waals surface area contributed by atoms with E-state index in [4.69, 9.17) is 10.7 Å². The molecule has 2 unspecified atom stereocenters. The number of benzene rings is 1. The molecule has 29 heavy (non-hydrogen) atoms. The van der Waals surface area contributed by atoms with Gasteiger partial charge in [-0.15, -0.1) is 0 Å². The number of nitrogens with one attached hydrogen (secondary N) is 3. The first-order valence-electron chi connectivity index (χ1n) is 9.58. The maximum Gasteiger partial charge on any atom is 0.328 e. The van der Waals surface area contributed by atoms with Crippen molar-refractivity contribution in [3.8, 4) is 0 Å². The van der Waals surface area contributed by atoms with Crippen LogP contribution in [0.25, 0.3) is 11.2 Å². The average Bonchev–Trinajstić information content (AvgIpc) is 3.27. The first-order valence-corrected chi connectivity index (χ1v) is 9.58. The summed E-state index contributed by atoms with van der Waals surface area (Å²) >= 11 is 0. The fourth-order valence-electron chi connectivity index (χ4n) is 3.82. The van der Waals surface area contributed by atoms with Crippen LogP contribution in [0.1, 0.15) is 48.7 Å². The van der Waals surface area contributed by atoms with Crippen LogP contribution >= 0.6 is 0 Å². The van der Waals surface area contributed by atoms with Gasteiger partial charge in [-0.25, -0.2) is 20.2 Å². The molecule has 4 rings (SSSR count). The average molecular weight is 395 g/mol. The van der Waals surface area contributed by atoms with Gasteiger partial charge < -0.3 is 10.7 Å². The predicted octanol–water partition coefficient (Wildman–Crippen LogP) is 1.08. The standard InChI is InChI=1S/C20H25N7O2/c1-20(2,3)12-9-22-26-13(12)17-23-14(16(21)28)15-18(25-17)27(19(29)24-15)10-11-7-5-4-6-8-11/h4-8,12-13,22,26H,9-10H2,1-3H3,(H2,21,28)(H,24,29). The highest BCUT2D eigenvalue weighted by Gasteiger charge is 2.39. The summed E-state index contributed by atoms with van der Waals surface area (Å²) in [5, 5.41) is 0. The fourth-order valence-corrected chi connectivity index (χ4v) is 3.82. The van der Waals surface area contributed by atoms with E-state index in [9.17, 15) is 9.59 Å². The second kappa shape index (κ2) is 7.09. The van der Waals surface area contributed by atoms with Gasteiger partial charge in [-0.1, -0.05) is 51.1 Å².